The molecule has 0 atom stereocenters. The molecule has 0 unspecified atom stereocenters. The van der Waals surface area contributed by atoms with E-state index >= 15 is 0 Å². The Morgan fingerprint density at radius 1 is 0.846 bits per heavy atom. The number of anilines is 1. The van der Waals surface area contributed by atoms with E-state index in [0.717, 1.165) is 4.47 Å². The number of nitrogens with one attached hydrogen (secondary N) is 2. The van der Waals surface area contributed by atoms with E-state index in [1.54, 1.807) is 84.9 Å². The third-order valence-electron chi connectivity index (χ3n) is 5.34. The largest absolute Gasteiger partial charge is 0.497 e. The van der Waals surface area contributed by atoms with Gasteiger partial charge in [-0.05, 0) is 78.9 Å². The molecule has 0 aliphatic carbocycles. The van der Waals surface area contributed by atoms with Gasteiger partial charge in [0.05, 0.1) is 18.9 Å². The maximum absolute atomic E-state index is 12.7. The van der Waals surface area contributed by atoms with Gasteiger partial charge in [-0.15, -0.1) is 0 Å². The molecule has 0 radical (unpaired) electrons. The van der Waals surface area contributed by atoms with Crippen LogP contribution in [0.25, 0.3) is 0 Å². The first-order valence-electron chi connectivity index (χ1n) is 11.5. The zero-order valence-electron chi connectivity index (χ0n) is 20.5. The lowest BCUT2D eigenvalue weighted by atomic mass is 10.1. The number of hydrazone groups is 1. The molecule has 0 heterocycles. The molecule has 8 nitrogen and oxygen atoms in total. The Labute approximate surface area is 237 Å². The molecule has 0 aliphatic heterocycles. The van der Waals surface area contributed by atoms with E-state index in [2.05, 4.69) is 31.8 Å². The van der Waals surface area contributed by atoms with E-state index in [9.17, 15) is 14.4 Å². The number of carbonyl (C=O) groups is 3. The molecule has 4 aromatic rings. The van der Waals surface area contributed by atoms with Crippen molar-refractivity contribution in [1.82, 2.24) is 5.43 Å². The lowest BCUT2D eigenvalue weighted by molar-refractivity contribution is 0.0734. The van der Waals surface area contributed by atoms with Crippen LogP contribution in [0.1, 0.15) is 36.6 Å². The zero-order valence-corrected chi connectivity index (χ0v) is 22.8. The van der Waals surface area contributed by atoms with Crippen LogP contribution in [-0.2, 0) is 0 Å². The lowest BCUT2D eigenvalue weighted by Crippen LogP contribution is -2.18. The van der Waals surface area contributed by atoms with Crippen molar-refractivity contribution in [3.8, 4) is 11.5 Å². The summed E-state index contributed by atoms with van der Waals surface area (Å²) in [5.74, 6) is -0.612. The Hall–Kier alpha value is -4.47. The van der Waals surface area contributed by atoms with E-state index < -0.39 is 11.9 Å². The van der Waals surface area contributed by atoms with Crippen LogP contribution in [0.4, 0.5) is 5.69 Å². The van der Waals surface area contributed by atoms with Crippen LogP contribution >= 0.6 is 27.5 Å². The number of methoxy groups -OCH3 is 1. The highest BCUT2D eigenvalue weighted by Crippen LogP contribution is 2.23. The average molecular weight is 607 g/mol. The highest BCUT2D eigenvalue weighted by molar-refractivity contribution is 9.10. The van der Waals surface area contributed by atoms with Crippen molar-refractivity contribution in [2.24, 2.45) is 5.10 Å². The SMILES string of the molecule is COc1cccc(C(=O)Nc2cccc(C(=O)NN=Cc3cc(Br)ccc3OC(=O)c3ccc(Cl)cc3)c2)c1. The molecule has 4 aromatic carbocycles. The molecule has 39 heavy (non-hydrogen) atoms. The van der Waals surface area contributed by atoms with Crippen LogP contribution in [-0.4, -0.2) is 31.1 Å². The Morgan fingerprint density at radius 2 is 1.56 bits per heavy atom. The number of carbonyl (C=O) groups excluding carboxylic acids is 3. The van der Waals surface area contributed by atoms with Crippen molar-refractivity contribution in [1.29, 1.82) is 0 Å². The van der Waals surface area contributed by atoms with E-state index in [1.165, 1.54) is 19.4 Å². The number of hydrogen-bond donors (Lipinski definition) is 2. The fourth-order valence-corrected chi connectivity index (χ4v) is 3.89. The highest BCUT2D eigenvalue weighted by Gasteiger charge is 2.13. The second-order valence-electron chi connectivity index (χ2n) is 8.04. The molecule has 4 rings (SSSR count). The summed E-state index contributed by atoms with van der Waals surface area (Å²) >= 11 is 9.26. The second kappa shape index (κ2) is 12.9. The molecule has 0 aromatic heterocycles. The summed E-state index contributed by atoms with van der Waals surface area (Å²) < 4.78 is 11.4. The molecular formula is C29H21BrClN3O5. The fourth-order valence-electron chi connectivity index (χ4n) is 3.39. The van der Waals surface area contributed by atoms with E-state index in [1.807, 2.05) is 0 Å². The highest BCUT2D eigenvalue weighted by atomic mass is 79.9. The van der Waals surface area contributed by atoms with Crippen LogP contribution in [0.5, 0.6) is 11.5 Å². The van der Waals surface area contributed by atoms with Gasteiger partial charge in [-0.25, -0.2) is 10.2 Å². The first-order valence-corrected chi connectivity index (χ1v) is 12.7. The molecule has 196 valence electrons. The molecule has 0 spiro atoms. The van der Waals surface area contributed by atoms with Gasteiger partial charge in [-0.1, -0.05) is 39.7 Å². The smallest absolute Gasteiger partial charge is 0.343 e. The van der Waals surface area contributed by atoms with Gasteiger partial charge in [0.25, 0.3) is 11.8 Å². The van der Waals surface area contributed by atoms with Gasteiger partial charge >= 0.3 is 5.97 Å². The molecule has 0 bridgehead atoms. The summed E-state index contributed by atoms with van der Waals surface area (Å²) in [7, 11) is 1.52. The van der Waals surface area contributed by atoms with Crippen molar-refractivity contribution >= 4 is 57.2 Å². The van der Waals surface area contributed by atoms with Crippen LogP contribution in [0, 0.1) is 0 Å². The van der Waals surface area contributed by atoms with Crippen molar-refractivity contribution in [2.75, 3.05) is 12.4 Å². The van der Waals surface area contributed by atoms with Crippen LogP contribution in [0.3, 0.4) is 0 Å². The Kier molecular flexibility index (Phi) is 9.09. The zero-order chi connectivity index (χ0) is 27.8. The number of amides is 2. The van der Waals surface area contributed by atoms with Crippen molar-refractivity contribution in [3.63, 3.8) is 0 Å². The number of esters is 1. The normalized spacial score (nSPS) is 10.6. The Morgan fingerprint density at radius 3 is 2.31 bits per heavy atom. The number of benzene rings is 4. The fraction of sp³-hybridized carbons (Fsp3) is 0.0345. The summed E-state index contributed by atoms with van der Waals surface area (Å²) in [6.45, 7) is 0. The summed E-state index contributed by atoms with van der Waals surface area (Å²) in [5, 5.41) is 7.28. The Bertz CT molecular complexity index is 1560. The predicted molar refractivity (Wildman–Crippen MR) is 153 cm³/mol. The third-order valence-corrected chi connectivity index (χ3v) is 6.08. The number of nitrogens with zero attached hydrogens (tertiary/aromatic N) is 1. The molecule has 10 heteroatoms. The summed E-state index contributed by atoms with van der Waals surface area (Å²) in [4.78, 5) is 37.8. The van der Waals surface area contributed by atoms with E-state index in [0.29, 0.717) is 33.1 Å². The number of hydrogen-bond acceptors (Lipinski definition) is 6. The minimum Gasteiger partial charge on any atom is -0.497 e. The Balaban J connectivity index is 1.42. The number of ether oxygens (including phenoxy) is 2. The first kappa shape index (κ1) is 27.6. The van der Waals surface area contributed by atoms with Crippen LogP contribution in [0.15, 0.2) is 101 Å². The molecule has 0 saturated heterocycles. The standard InChI is InChI=1S/C29H21BrClN3O5/c1-38-25-7-3-5-20(16-25)27(35)33-24-6-2-4-19(15-24)28(36)34-32-17-21-14-22(30)10-13-26(21)39-29(37)18-8-11-23(31)12-9-18/h2-17H,1H3,(H,33,35)(H,34,36). The molecule has 0 saturated carbocycles. The van der Waals surface area contributed by atoms with Gasteiger partial charge in [0, 0.05) is 31.9 Å². The van der Waals surface area contributed by atoms with Gasteiger partial charge in [0.15, 0.2) is 0 Å². The maximum Gasteiger partial charge on any atom is 0.343 e. The lowest BCUT2D eigenvalue weighted by Gasteiger charge is -2.09. The first-order chi connectivity index (χ1) is 18.8. The minimum atomic E-state index is -0.569. The van der Waals surface area contributed by atoms with Gasteiger partial charge in [-0.2, -0.15) is 5.10 Å². The van der Waals surface area contributed by atoms with Gasteiger partial charge in [-0.3, -0.25) is 9.59 Å². The average Bonchev–Trinajstić information content (AvgIpc) is 2.94. The van der Waals surface area contributed by atoms with Gasteiger partial charge in [0.2, 0.25) is 0 Å². The summed E-state index contributed by atoms with van der Waals surface area (Å²) in [6.07, 6.45) is 1.36. The number of halogens is 2. The molecule has 2 N–H and O–H groups in total. The van der Waals surface area contributed by atoms with Gasteiger partial charge < -0.3 is 14.8 Å². The molecular weight excluding hydrogens is 586 g/mol. The van der Waals surface area contributed by atoms with Crippen molar-refractivity contribution in [3.05, 3.63) is 123 Å². The van der Waals surface area contributed by atoms with Crippen LogP contribution < -0.4 is 20.2 Å². The predicted octanol–water partition coefficient (Wildman–Crippen LogP) is 6.35. The minimum absolute atomic E-state index is 0.249. The van der Waals surface area contributed by atoms with E-state index in [4.69, 9.17) is 21.1 Å². The summed E-state index contributed by atoms with van der Waals surface area (Å²) in [6, 6.07) is 24.5. The summed E-state index contributed by atoms with van der Waals surface area (Å²) in [5.41, 5.74) is 4.35. The number of rotatable bonds is 8. The van der Waals surface area contributed by atoms with Gasteiger partial charge in [0.1, 0.15) is 11.5 Å². The molecule has 0 aliphatic rings. The quantitative estimate of drug-likeness (QED) is 0.105. The van der Waals surface area contributed by atoms with E-state index in [-0.39, 0.29) is 17.2 Å². The topological polar surface area (TPSA) is 106 Å². The third kappa shape index (κ3) is 7.53. The monoisotopic (exact) mass is 605 g/mol. The van der Waals surface area contributed by atoms with Crippen LogP contribution in [0.2, 0.25) is 5.02 Å². The second-order valence-corrected chi connectivity index (χ2v) is 9.40. The molecule has 2 amide bonds. The van der Waals surface area contributed by atoms with Crippen molar-refractivity contribution < 1.29 is 23.9 Å². The molecule has 0 fully saturated rings. The maximum atomic E-state index is 12.7. The van der Waals surface area contributed by atoms with Crippen molar-refractivity contribution in [2.45, 2.75) is 0 Å².